The fourth-order valence-electron chi connectivity index (χ4n) is 4.59. The summed E-state index contributed by atoms with van der Waals surface area (Å²) < 4.78 is 55.0. The number of halogens is 4. The van der Waals surface area contributed by atoms with Gasteiger partial charge in [-0.05, 0) is 43.2 Å². The number of hydrogen-bond acceptors (Lipinski definition) is 6. The minimum Gasteiger partial charge on any atom is -0.384 e. The van der Waals surface area contributed by atoms with Crippen molar-refractivity contribution in [2.24, 2.45) is 7.05 Å². The van der Waals surface area contributed by atoms with Crippen molar-refractivity contribution >= 4 is 11.6 Å². The molecule has 5 rings (SSSR count). The van der Waals surface area contributed by atoms with Crippen LogP contribution in [0.15, 0.2) is 55.2 Å². The van der Waals surface area contributed by atoms with Crippen molar-refractivity contribution in [1.82, 2.24) is 24.5 Å². The Labute approximate surface area is 204 Å². The first-order valence-electron chi connectivity index (χ1n) is 11.4. The van der Waals surface area contributed by atoms with Gasteiger partial charge in [-0.3, -0.25) is 0 Å². The average Bonchev–Trinajstić information content (AvgIpc) is 3.26. The van der Waals surface area contributed by atoms with E-state index in [1.54, 1.807) is 24.7 Å². The predicted molar refractivity (Wildman–Crippen MR) is 127 cm³/mol. The van der Waals surface area contributed by atoms with E-state index in [-0.39, 0.29) is 11.5 Å². The number of pyridine rings is 1. The maximum absolute atomic E-state index is 13.7. The molecule has 1 aromatic carbocycles. The van der Waals surface area contributed by atoms with Crippen LogP contribution in [0.1, 0.15) is 30.1 Å². The summed E-state index contributed by atoms with van der Waals surface area (Å²) in [5, 5.41) is 0. The Bertz CT molecular complexity index is 1370. The van der Waals surface area contributed by atoms with E-state index in [2.05, 4.69) is 24.8 Å². The summed E-state index contributed by atoms with van der Waals surface area (Å²) >= 11 is 0. The molecule has 0 unspecified atom stereocenters. The van der Waals surface area contributed by atoms with E-state index < -0.39 is 17.6 Å². The Kier molecular flexibility index (Phi) is 6.07. The number of alkyl halides is 3. The molecule has 186 valence electrons. The van der Waals surface area contributed by atoms with Gasteiger partial charge in [0.05, 0.1) is 11.3 Å². The van der Waals surface area contributed by atoms with Crippen LogP contribution in [-0.4, -0.2) is 37.6 Å². The zero-order valence-corrected chi connectivity index (χ0v) is 19.4. The highest BCUT2D eigenvalue weighted by molar-refractivity contribution is 5.75. The van der Waals surface area contributed by atoms with Crippen LogP contribution in [0.3, 0.4) is 0 Å². The lowest BCUT2D eigenvalue weighted by Crippen LogP contribution is -2.34. The third-order valence-electron chi connectivity index (χ3n) is 6.43. The molecular weight excluding hydrogens is 474 g/mol. The molecule has 7 nitrogen and oxygen atoms in total. The number of piperidine rings is 1. The van der Waals surface area contributed by atoms with Crippen LogP contribution in [0.25, 0.3) is 22.4 Å². The van der Waals surface area contributed by atoms with Gasteiger partial charge in [-0.25, -0.2) is 24.3 Å². The van der Waals surface area contributed by atoms with E-state index in [0.717, 1.165) is 47.7 Å². The van der Waals surface area contributed by atoms with Gasteiger partial charge in [0.2, 0.25) is 0 Å². The van der Waals surface area contributed by atoms with Crippen molar-refractivity contribution in [3.63, 3.8) is 0 Å². The molecule has 1 saturated heterocycles. The van der Waals surface area contributed by atoms with Crippen molar-refractivity contribution < 1.29 is 17.6 Å². The molecule has 0 spiro atoms. The lowest BCUT2D eigenvalue weighted by molar-refractivity contribution is -0.139. The Morgan fingerprint density at radius 3 is 2.44 bits per heavy atom. The Hall–Kier alpha value is -4.02. The van der Waals surface area contributed by atoms with Gasteiger partial charge in [0.1, 0.15) is 29.6 Å². The molecule has 2 N–H and O–H groups in total. The van der Waals surface area contributed by atoms with Crippen molar-refractivity contribution in [2.75, 3.05) is 23.7 Å². The molecule has 4 aromatic rings. The summed E-state index contributed by atoms with van der Waals surface area (Å²) in [6.45, 7) is 1.43. The summed E-state index contributed by atoms with van der Waals surface area (Å²) in [4.78, 5) is 19.7. The summed E-state index contributed by atoms with van der Waals surface area (Å²) in [6.07, 6.45) is 3.44. The molecule has 0 saturated carbocycles. The van der Waals surface area contributed by atoms with Gasteiger partial charge in [0.15, 0.2) is 0 Å². The Morgan fingerprint density at radius 1 is 1.00 bits per heavy atom. The molecule has 0 bridgehead atoms. The number of aryl methyl sites for hydroxylation is 1. The summed E-state index contributed by atoms with van der Waals surface area (Å²) in [5.41, 5.74) is 6.76. The second-order valence-electron chi connectivity index (χ2n) is 8.78. The van der Waals surface area contributed by atoms with Crippen LogP contribution in [0.5, 0.6) is 0 Å². The number of rotatable bonds is 4. The van der Waals surface area contributed by atoms with Gasteiger partial charge in [-0.15, -0.1) is 0 Å². The molecule has 4 heterocycles. The molecule has 11 heteroatoms. The van der Waals surface area contributed by atoms with E-state index in [1.807, 2.05) is 17.7 Å². The Morgan fingerprint density at radius 2 is 1.75 bits per heavy atom. The SMILES string of the molecule is Cn1cc(-c2ccc(F)c(C(F)(F)F)c2)nc1C1CCN(c2ncncc2-c2ccc(N)nc2)CC1. The van der Waals surface area contributed by atoms with Gasteiger partial charge in [-0.1, -0.05) is 0 Å². The number of nitrogens with zero attached hydrogens (tertiary/aromatic N) is 6. The van der Waals surface area contributed by atoms with Gasteiger partial charge >= 0.3 is 6.18 Å². The number of imidazole rings is 1. The average molecular weight is 498 g/mol. The summed E-state index contributed by atoms with van der Waals surface area (Å²) in [6, 6.07) is 6.58. The summed E-state index contributed by atoms with van der Waals surface area (Å²) in [5.74, 6) is 0.844. The third kappa shape index (κ3) is 4.60. The molecule has 1 aliphatic heterocycles. The van der Waals surface area contributed by atoms with Crippen molar-refractivity contribution in [3.05, 3.63) is 72.5 Å². The number of aromatic nitrogens is 5. The molecule has 36 heavy (non-hydrogen) atoms. The fourth-order valence-corrected chi connectivity index (χ4v) is 4.59. The number of anilines is 2. The highest BCUT2D eigenvalue weighted by Gasteiger charge is 2.34. The fraction of sp³-hybridized carbons (Fsp3) is 0.280. The number of hydrogen-bond donors (Lipinski definition) is 1. The second-order valence-corrected chi connectivity index (χ2v) is 8.78. The van der Waals surface area contributed by atoms with E-state index in [1.165, 1.54) is 12.4 Å². The van der Waals surface area contributed by atoms with Gasteiger partial charge in [0, 0.05) is 61.3 Å². The number of nitrogen functional groups attached to an aromatic ring is 1. The zero-order valence-electron chi connectivity index (χ0n) is 19.4. The van der Waals surface area contributed by atoms with E-state index in [9.17, 15) is 17.6 Å². The van der Waals surface area contributed by atoms with E-state index >= 15 is 0 Å². The highest BCUT2D eigenvalue weighted by Crippen LogP contribution is 2.36. The third-order valence-corrected chi connectivity index (χ3v) is 6.43. The van der Waals surface area contributed by atoms with Gasteiger partial charge in [-0.2, -0.15) is 13.2 Å². The van der Waals surface area contributed by atoms with Gasteiger partial charge in [0.25, 0.3) is 0 Å². The quantitative estimate of drug-likeness (QED) is 0.397. The number of nitrogens with two attached hydrogens (primary N) is 1. The molecular formula is C25H23F4N7. The van der Waals surface area contributed by atoms with Crippen molar-refractivity contribution in [1.29, 1.82) is 0 Å². The minimum atomic E-state index is -4.77. The van der Waals surface area contributed by atoms with E-state index in [4.69, 9.17) is 5.73 Å². The highest BCUT2D eigenvalue weighted by atomic mass is 19.4. The van der Waals surface area contributed by atoms with Gasteiger partial charge < -0.3 is 15.2 Å². The molecule has 1 fully saturated rings. The monoisotopic (exact) mass is 497 g/mol. The Balaban J connectivity index is 1.35. The standard InChI is InChI=1S/C25H23F4N7/c1-35-13-21(16-2-4-20(26)19(10-16)25(27,28)29)34-23(35)15-6-8-36(9-7-15)24-18(12-31-14-33-24)17-3-5-22(30)32-11-17/h2-5,10-15H,6-9H2,1H3,(H2,30,32). The zero-order chi connectivity index (χ0) is 25.4. The number of benzene rings is 1. The summed E-state index contributed by atoms with van der Waals surface area (Å²) in [7, 11) is 1.82. The van der Waals surface area contributed by atoms with Crippen LogP contribution in [0, 0.1) is 5.82 Å². The second kappa shape index (κ2) is 9.21. The first-order chi connectivity index (χ1) is 17.2. The predicted octanol–water partition coefficient (Wildman–Crippen LogP) is 5.06. The minimum absolute atomic E-state index is 0.117. The van der Waals surface area contributed by atoms with Crippen LogP contribution in [0.4, 0.5) is 29.2 Å². The molecule has 1 aliphatic rings. The smallest absolute Gasteiger partial charge is 0.384 e. The molecule has 0 radical (unpaired) electrons. The van der Waals surface area contributed by atoms with Crippen LogP contribution in [0.2, 0.25) is 0 Å². The maximum atomic E-state index is 13.7. The first kappa shape index (κ1) is 23.7. The lowest BCUT2D eigenvalue weighted by Gasteiger charge is -2.33. The topological polar surface area (TPSA) is 85.8 Å². The van der Waals surface area contributed by atoms with Crippen LogP contribution in [-0.2, 0) is 13.2 Å². The van der Waals surface area contributed by atoms with Crippen LogP contribution >= 0.6 is 0 Å². The molecule has 0 aliphatic carbocycles. The van der Waals surface area contributed by atoms with E-state index in [0.29, 0.717) is 24.6 Å². The molecule has 0 atom stereocenters. The first-order valence-corrected chi connectivity index (χ1v) is 11.4. The van der Waals surface area contributed by atoms with Crippen LogP contribution < -0.4 is 10.6 Å². The molecule has 3 aromatic heterocycles. The van der Waals surface area contributed by atoms with Crippen molar-refractivity contribution in [2.45, 2.75) is 24.9 Å². The van der Waals surface area contributed by atoms with Crippen molar-refractivity contribution in [3.8, 4) is 22.4 Å². The lowest BCUT2D eigenvalue weighted by atomic mass is 9.95. The molecule has 0 amide bonds. The largest absolute Gasteiger partial charge is 0.419 e. The maximum Gasteiger partial charge on any atom is 0.419 e. The normalized spacial score (nSPS) is 14.9.